The van der Waals surface area contributed by atoms with Gasteiger partial charge in [-0.1, -0.05) is 281 Å². The van der Waals surface area contributed by atoms with Crippen LogP contribution >= 0.6 is 0 Å². The van der Waals surface area contributed by atoms with Crippen molar-refractivity contribution in [3.8, 4) is 0 Å². The Hall–Kier alpha value is -1.79. The summed E-state index contributed by atoms with van der Waals surface area (Å²) in [7, 11) is 0. The lowest BCUT2D eigenvalue weighted by atomic mass is 9.97. The van der Waals surface area contributed by atoms with E-state index in [2.05, 4.69) is 43.5 Å². The summed E-state index contributed by atoms with van der Waals surface area (Å²) in [6.45, 7) is 2.83. The molecule has 0 aromatic heterocycles. The van der Waals surface area contributed by atoms with Crippen LogP contribution in [0, 0.1) is 0 Å². The van der Waals surface area contributed by atoms with Crippen LogP contribution < -0.4 is 5.32 Å². The van der Waals surface area contributed by atoms with E-state index in [1.807, 2.05) is 6.08 Å². The SMILES string of the molecule is CCCCCCCCCC/C=C\CCCCCCCCCCCCCCCC(=O)NC(COC1OC(CO)C(OC2OC(CO)C(O)C(O)C2O)C(O)C1O)C(O)/C=C/CC/C=C/CCCCCCCCCCCCCCCCCCCCC. The lowest BCUT2D eigenvalue weighted by Gasteiger charge is -2.46. The van der Waals surface area contributed by atoms with Crippen LogP contribution in [0.1, 0.15) is 309 Å². The molecule has 0 bridgehead atoms. The van der Waals surface area contributed by atoms with Gasteiger partial charge in [0.25, 0.3) is 0 Å². The molecule has 0 aromatic carbocycles. The minimum atomic E-state index is -1.79. The highest BCUT2D eigenvalue weighted by Crippen LogP contribution is 2.30. The fraction of sp³-hybridized carbons (Fsp3) is 0.900. The van der Waals surface area contributed by atoms with Gasteiger partial charge in [-0.25, -0.2) is 0 Å². The van der Waals surface area contributed by atoms with Crippen LogP contribution in [0.3, 0.4) is 0 Å². The van der Waals surface area contributed by atoms with Crippen LogP contribution in [-0.2, 0) is 23.7 Å². The van der Waals surface area contributed by atoms with Gasteiger partial charge in [0, 0.05) is 6.42 Å². The van der Waals surface area contributed by atoms with Gasteiger partial charge >= 0.3 is 0 Å². The van der Waals surface area contributed by atoms with Gasteiger partial charge in [0.15, 0.2) is 12.6 Å². The zero-order valence-corrected chi connectivity index (χ0v) is 53.7. The van der Waals surface area contributed by atoms with E-state index < -0.39 is 86.8 Å². The molecule has 9 N–H and O–H groups in total. The van der Waals surface area contributed by atoms with E-state index in [-0.39, 0.29) is 18.9 Å². The van der Waals surface area contributed by atoms with E-state index >= 15 is 0 Å². The number of amides is 1. The number of unbranched alkanes of at least 4 members (excludes halogenated alkanes) is 41. The summed E-state index contributed by atoms with van der Waals surface area (Å²) in [6.07, 6.45) is 53.4. The second-order valence-corrected chi connectivity index (χ2v) is 25.0. The third kappa shape index (κ3) is 39.3. The standard InChI is InChI=1S/C70H131NO13/c1-3-5-7-9-11-13-15-17-19-21-23-25-27-29-31-33-35-37-39-41-43-45-47-49-51-53-59(74)58(57-81-69-67(80)65(78)68(61(56-73)83-69)84-70-66(79)64(77)63(76)60(55-72)82-70)71-62(75)54-52-50-48-46-44-42-40-38-36-34-32-30-28-26-24-22-20-18-16-14-12-10-8-6-4-2/h22,24,43,45,51,53,58-61,63-70,72-74,76-80H,3-21,23,25-42,44,46-50,52,54-57H2,1-2H3,(H,71,75)/b24-22-,45-43+,53-51+. The van der Waals surface area contributed by atoms with E-state index in [1.54, 1.807) is 6.08 Å². The fourth-order valence-electron chi connectivity index (χ4n) is 11.7. The predicted octanol–water partition coefficient (Wildman–Crippen LogP) is 14.1. The van der Waals surface area contributed by atoms with Gasteiger partial charge < -0.3 is 65.1 Å². The Morgan fingerprint density at radius 2 is 0.762 bits per heavy atom. The number of aliphatic hydroxyl groups excluding tert-OH is 8. The molecule has 12 unspecified atom stereocenters. The molecule has 1 amide bonds. The minimum Gasteiger partial charge on any atom is -0.394 e. The Bertz CT molecular complexity index is 1550. The molecule has 2 aliphatic heterocycles. The molecule has 0 spiro atoms. The maximum Gasteiger partial charge on any atom is 0.220 e. The van der Waals surface area contributed by atoms with Crippen molar-refractivity contribution in [2.24, 2.45) is 0 Å². The Morgan fingerprint density at radius 1 is 0.417 bits per heavy atom. The number of ether oxygens (including phenoxy) is 4. The number of rotatable bonds is 58. The third-order valence-corrected chi connectivity index (χ3v) is 17.3. The van der Waals surface area contributed by atoms with Crippen molar-refractivity contribution in [1.82, 2.24) is 5.32 Å². The largest absolute Gasteiger partial charge is 0.394 e. The summed E-state index contributed by atoms with van der Waals surface area (Å²) >= 11 is 0. The van der Waals surface area contributed by atoms with Crippen LogP contribution in [0.4, 0.5) is 0 Å². The molecular formula is C70H131NO13. The van der Waals surface area contributed by atoms with Crippen molar-refractivity contribution in [2.45, 2.75) is 383 Å². The van der Waals surface area contributed by atoms with E-state index in [0.717, 1.165) is 32.1 Å². The Balaban J connectivity index is 1.70. The first-order valence-corrected chi connectivity index (χ1v) is 35.2. The van der Waals surface area contributed by atoms with Crippen molar-refractivity contribution in [3.63, 3.8) is 0 Å². The summed E-state index contributed by atoms with van der Waals surface area (Å²) in [5.74, 6) is -0.245. The number of hydrogen-bond donors (Lipinski definition) is 9. The predicted molar refractivity (Wildman–Crippen MR) is 341 cm³/mol. The summed E-state index contributed by atoms with van der Waals surface area (Å²) < 4.78 is 22.8. The normalized spacial score (nSPS) is 23.8. The van der Waals surface area contributed by atoms with Gasteiger partial charge in [0.2, 0.25) is 5.91 Å². The number of nitrogens with one attached hydrogen (secondary N) is 1. The highest BCUT2D eigenvalue weighted by Gasteiger charge is 2.51. The number of aliphatic hydroxyl groups is 8. The van der Waals surface area contributed by atoms with Crippen molar-refractivity contribution < 1.29 is 64.6 Å². The molecule has 2 fully saturated rings. The van der Waals surface area contributed by atoms with Gasteiger partial charge in [-0.3, -0.25) is 4.79 Å². The summed E-state index contributed by atoms with van der Waals surface area (Å²) in [5, 5.41) is 87.4. The molecule has 14 heteroatoms. The molecule has 14 nitrogen and oxygen atoms in total. The number of carbonyl (C=O) groups is 1. The Kier molecular flexibility index (Phi) is 51.5. The Morgan fingerprint density at radius 3 is 1.17 bits per heavy atom. The Labute approximate surface area is 512 Å². The summed E-state index contributed by atoms with van der Waals surface area (Å²) in [4.78, 5) is 13.3. The molecule has 2 saturated heterocycles. The molecular weight excluding hydrogens is 1060 g/mol. The second kappa shape index (κ2) is 55.3. The van der Waals surface area contributed by atoms with Crippen LogP contribution in [0.15, 0.2) is 36.5 Å². The first kappa shape index (κ1) is 78.3. The average molecular weight is 1190 g/mol. The van der Waals surface area contributed by atoms with Gasteiger partial charge in [-0.15, -0.1) is 0 Å². The molecule has 0 aromatic rings. The van der Waals surface area contributed by atoms with Gasteiger partial charge in [0.1, 0.15) is 48.8 Å². The zero-order chi connectivity index (χ0) is 60.9. The monoisotopic (exact) mass is 1190 g/mol. The van der Waals surface area contributed by atoms with E-state index in [1.165, 1.54) is 244 Å². The van der Waals surface area contributed by atoms with Crippen LogP contribution in [0.5, 0.6) is 0 Å². The highest BCUT2D eigenvalue weighted by molar-refractivity contribution is 5.76. The molecule has 0 radical (unpaired) electrons. The molecule has 0 aliphatic carbocycles. The molecule has 84 heavy (non-hydrogen) atoms. The van der Waals surface area contributed by atoms with Crippen LogP contribution in [-0.4, -0.2) is 140 Å². The topological polar surface area (TPSA) is 228 Å². The second-order valence-electron chi connectivity index (χ2n) is 25.0. The molecule has 2 heterocycles. The molecule has 0 saturated carbocycles. The first-order valence-electron chi connectivity index (χ1n) is 35.2. The van der Waals surface area contributed by atoms with Crippen molar-refractivity contribution in [2.75, 3.05) is 19.8 Å². The number of allylic oxidation sites excluding steroid dienone is 5. The van der Waals surface area contributed by atoms with Crippen LogP contribution in [0.25, 0.3) is 0 Å². The van der Waals surface area contributed by atoms with Crippen molar-refractivity contribution in [1.29, 1.82) is 0 Å². The quantitative estimate of drug-likeness (QED) is 0.0204. The summed E-state index contributed by atoms with van der Waals surface area (Å²) in [6, 6.07) is -0.932. The van der Waals surface area contributed by atoms with E-state index in [9.17, 15) is 45.6 Å². The van der Waals surface area contributed by atoms with Crippen molar-refractivity contribution in [3.05, 3.63) is 36.5 Å². The van der Waals surface area contributed by atoms with E-state index in [0.29, 0.717) is 12.8 Å². The molecule has 12 atom stereocenters. The first-order chi connectivity index (χ1) is 41.1. The molecule has 2 aliphatic rings. The zero-order valence-electron chi connectivity index (χ0n) is 53.7. The molecule has 2 rings (SSSR count). The summed E-state index contributed by atoms with van der Waals surface area (Å²) in [5.41, 5.74) is 0. The smallest absolute Gasteiger partial charge is 0.220 e. The highest BCUT2D eigenvalue weighted by atomic mass is 16.7. The fourth-order valence-corrected chi connectivity index (χ4v) is 11.7. The molecule has 494 valence electrons. The average Bonchev–Trinajstić information content (AvgIpc) is 3.18. The lowest BCUT2D eigenvalue weighted by Crippen LogP contribution is -2.65. The number of hydrogen-bond acceptors (Lipinski definition) is 13. The van der Waals surface area contributed by atoms with Crippen LogP contribution in [0.2, 0.25) is 0 Å². The lowest BCUT2D eigenvalue weighted by molar-refractivity contribution is -0.359. The van der Waals surface area contributed by atoms with Gasteiger partial charge in [-0.2, -0.15) is 0 Å². The van der Waals surface area contributed by atoms with E-state index in [4.69, 9.17) is 18.9 Å². The number of carbonyl (C=O) groups excluding carboxylic acids is 1. The minimum absolute atomic E-state index is 0.245. The maximum absolute atomic E-state index is 13.3. The third-order valence-electron chi connectivity index (χ3n) is 17.3. The maximum atomic E-state index is 13.3. The van der Waals surface area contributed by atoms with Crippen molar-refractivity contribution >= 4 is 5.91 Å². The van der Waals surface area contributed by atoms with Gasteiger partial charge in [0.05, 0.1) is 32.0 Å². The van der Waals surface area contributed by atoms with Gasteiger partial charge in [-0.05, 0) is 57.8 Å².